The number of para-hydroxylation sites is 4. The van der Waals surface area contributed by atoms with Crippen LogP contribution in [-0.4, -0.2) is 19.5 Å². The van der Waals surface area contributed by atoms with Crippen molar-refractivity contribution in [1.29, 1.82) is 0 Å². The molecule has 9 aromatic carbocycles. The van der Waals surface area contributed by atoms with E-state index in [1.54, 1.807) is 11.3 Å². The third-order valence-electron chi connectivity index (χ3n) is 12.6. The second kappa shape index (κ2) is 14.0. The molecule has 0 bridgehead atoms. The number of furan rings is 2. The third-order valence-corrected chi connectivity index (χ3v) is 13.8. The van der Waals surface area contributed by atoms with Crippen LogP contribution < -0.4 is 4.90 Å². The molecule has 0 saturated heterocycles. The van der Waals surface area contributed by atoms with Crippen molar-refractivity contribution >= 4 is 115 Å². The highest BCUT2D eigenvalue weighted by Gasteiger charge is 2.25. The summed E-state index contributed by atoms with van der Waals surface area (Å²) < 4.78 is 17.8. The van der Waals surface area contributed by atoms with Crippen molar-refractivity contribution in [3.8, 4) is 28.5 Å². The second-order valence-corrected chi connectivity index (χ2v) is 17.5. The first-order chi connectivity index (χ1) is 32.2. The summed E-state index contributed by atoms with van der Waals surface area (Å²) in [6, 6.07) is 69.6. The number of anilines is 3. The maximum absolute atomic E-state index is 6.53. The molecule has 0 amide bonds. The Kier molecular flexibility index (Phi) is 7.72. The van der Waals surface area contributed by atoms with Crippen LogP contribution in [0.1, 0.15) is 0 Å². The van der Waals surface area contributed by atoms with E-state index in [2.05, 4.69) is 161 Å². The third kappa shape index (κ3) is 5.57. The molecule has 0 saturated carbocycles. The van der Waals surface area contributed by atoms with Gasteiger partial charge in [0.2, 0.25) is 5.95 Å². The molecular formula is C57H33N5O2S. The number of fused-ring (bicyclic) bond motifs is 12. The first kappa shape index (κ1) is 35.9. The lowest BCUT2D eigenvalue weighted by Gasteiger charge is -2.24. The van der Waals surface area contributed by atoms with Gasteiger partial charge < -0.3 is 13.4 Å². The zero-order chi connectivity index (χ0) is 42.6. The van der Waals surface area contributed by atoms with E-state index in [9.17, 15) is 0 Å². The highest BCUT2D eigenvalue weighted by atomic mass is 32.1. The normalized spacial score (nSPS) is 12.0. The van der Waals surface area contributed by atoms with Crippen LogP contribution in [0.3, 0.4) is 0 Å². The molecule has 0 aliphatic rings. The van der Waals surface area contributed by atoms with Gasteiger partial charge in [0.1, 0.15) is 22.3 Å². The molecule has 5 aromatic heterocycles. The van der Waals surface area contributed by atoms with Crippen LogP contribution in [-0.2, 0) is 0 Å². The van der Waals surface area contributed by atoms with Gasteiger partial charge >= 0.3 is 0 Å². The minimum atomic E-state index is 0.456. The molecule has 8 heteroatoms. The highest BCUT2D eigenvalue weighted by molar-refractivity contribution is 7.25. The molecule has 65 heavy (non-hydrogen) atoms. The van der Waals surface area contributed by atoms with Crippen molar-refractivity contribution in [3.05, 3.63) is 200 Å². The number of hydrogen-bond donors (Lipinski definition) is 0. The lowest BCUT2D eigenvalue weighted by molar-refractivity contribution is 0.669. The Bertz CT molecular complexity index is 4220. The molecule has 0 radical (unpaired) electrons. The Hall–Kier alpha value is -8.59. The van der Waals surface area contributed by atoms with Gasteiger partial charge in [-0.3, -0.25) is 4.90 Å². The fourth-order valence-electron chi connectivity index (χ4n) is 9.71. The van der Waals surface area contributed by atoms with Crippen LogP contribution in [0.25, 0.3) is 114 Å². The van der Waals surface area contributed by atoms with Crippen LogP contribution >= 0.6 is 11.3 Å². The van der Waals surface area contributed by atoms with Crippen LogP contribution in [0.5, 0.6) is 0 Å². The minimum absolute atomic E-state index is 0.456. The average Bonchev–Trinajstić information content (AvgIpc) is 4.13. The molecule has 0 aliphatic carbocycles. The zero-order valence-electron chi connectivity index (χ0n) is 34.5. The molecule has 7 nitrogen and oxygen atoms in total. The van der Waals surface area contributed by atoms with Gasteiger partial charge in [-0.05, 0) is 84.9 Å². The largest absolute Gasteiger partial charge is 0.456 e. The molecule has 0 aliphatic heterocycles. The van der Waals surface area contributed by atoms with Crippen LogP contribution in [0.2, 0.25) is 0 Å². The predicted molar refractivity (Wildman–Crippen MR) is 267 cm³/mol. The first-order valence-electron chi connectivity index (χ1n) is 21.6. The maximum atomic E-state index is 6.53. The van der Waals surface area contributed by atoms with Crippen molar-refractivity contribution < 1.29 is 8.83 Å². The average molecular weight is 852 g/mol. The number of thiophene rings is 1. The number of benzene rings is 9. The maximum Gasteiger partial charge on any atom is 0.238 e. The van der Waals surface area contributed by atoms with Crippen molar-refractivity contribution in [1.82, 2.24) is 19.5 Å². The van der Waals surface area contributed by atoms with Crippen LogP contribution in [0.15, 0.2) is 209 Å². The summed E-state index contributed by atoms with van der Waals surface area (Å²) >= 11 is 1.79. The molecule has 14 aromatic rings. The van der Waals surface area contributed by atoms with Gasteiger partial charge in [0.15, 0.2) is 11.6 Å². The van der Waals surface area contributed by atoms with Gasteiger partial charge in [-0.2, -0.15) is 9.97 Å². The van der Waals surface area contributed by atoms with Crippen molar-refractivity contribution in [2.45, 2.75) is 0 Å². The van der Waals surface area contributed by atoms with Crippen LogP contribution in [0.4, 0.5) is 17.3 Å². The SMILES string of the molecule is c1ccc(-n2c3ccccc3c3ccc(-c4nc(-c5ccc6sc7ccccc7c6c5)nc(N(c5ccc6c(c5)oc5ccccc56)c5cccc6oc7ccccc7c56)n4)cc32)cc1. The molecular weight excluding hydrogens is 819 g/mol. The van der Waals surface area contributed by atoms with E-state index >= 15 is 0 Å². The van der Waals surface area contributed by atoms with Gasteiger partial charge in [-0.1, -0.05) is 109 Å². The fourth-order valence-corrected chi connectivity index (χ4v) is 10.8. The molecule has 14 rings (SSSR count). The molecule has 0 atom stereocenters. The molecule has 304 valence electrons. The van der Waals surface area contributed by atoms with E-state index in [0.717, 1.165) is 88.5 Å². The molecule has 0 fully saturated rings. The summed E-state index contributed by atoms with van der Waals surface area (Å²) in [5.41, 5.74) is 9.89. The van der Waals surface area contributed by atoms with E-state index in [-0.39, 0.29) is 0 Å². The minimum Gasteiger partial charge on any atom is -0.456 e. The topological polar surface area (TPSA) is 73.1 Å². The monoisotopic (exact) mass is 851 g/mol. The summed E-state index contributed by atoms with van der Waals surface area (Å²) in [5, 5.41) is 8.76. The van der Waals surface area contributed by atoms with Crippen molar-refractivity contribution in [2.24, 2.45) is 0 Å². The lowest BCUT2D eigenvalue weighted by Crippen LogP contribution is -2.15. The van der Waals surface area contributed by atoms with E-state index in [4.69, 9.17) is 23.8 Å². The Morgan fingerprint density at radius 3 is 1.88 bits per heavy atom. The number of nitrogens with zero attached hydrogens (tertiary/aromatic N) is 5. The van der Waals surface area contributed by atoms with E-state index in [0.29, 0.717) is 17.6 Å². The van der Waals surface area contributed by atoms with Gasteiger partial charge in [0, 0.05) is 70.0 Å². The lowest BCUT2D eigenvalue weighted by atomic mass is 10.1. The molecule has 0 spiro atoms. The Balaban J connectivity index is 1.06. The molecule has 0 unspecified atom stereocenters. The molecule has 0 N–H and O–H groups in total. The van der Waals surface area contributed by atoms with E-state index in [1.165, 1.54) is 25.6 Å². The first-order valence-corrected chi connectivity index (χ1v) is 22.4. The van der Waals surface area contributed by atoms with Gasteiger partial charge in [-0.15, -0.1) is 11.3 Å². The quantitative estimate of drug-likeness (QED) is 0.166. The van der Waals surface area contributed by atoms with E-state index < -0.39 is 0 Å². The predicted octanol–water partition coefficient (Wildman–Crippen LogP) is 15.9. The highest BCUT2D eigenvalue weighted by Crippen LogP contribution is 2.45. The summed E-state index contributed by atoms with van der Waals surface area (Å²) in [6.45, 7) is 0. The summed E-state index contributed by atoms with van der Waals surface area (Å²) in [6.07, 6.45) is 0. The van der Waals surface area contributed by atoms with Gasteiger partial charge in [-0.25, -0.2) is 4.98 Å². The Morgan fingerprint density at radius 2 is 1.02 bits per heavy atom. The van der Waals surface area contributed by atoms with E-state index in [1.807, 2.05) is 48.5 Å². The number of aromatic nitrogens is 4. The molecule has 5 heterocycles. The van der Waals surface area contributed by atoms with Crippen LogP contribution in [0, 0.1) is 0 Å². The van der Waals surface area contributed by atoms with Gasteiger partial charge in [0.05, 0.1) is 27.8 Å². The van der Waals surface area contributed by atoms with Gasteiger partial charge in [0.25, 0.3) is 0 Å². The fraction of sp³-hybridized carbons (Fsp3) is 0. The summed E-state index contributed by atoms with van der Waals surface area (Å²) in [7, 11) is 0. The number of rotatable bonds is 6. The standard InChI is InChI=1S/C57H33N5O2S/c1-2-13-36(14-3-1)61-45-19-8-4-15-38(45)39-28-25-35(32-47(39)61)56-58-55(34-26-30-53-44(31-34)42-17-7-11-24-52(42)65-53)59-57(60-56)62(37-27-29-41-40-16-5-9-21-48(40)64-51(41)33-37)46-20-12-23-50-54(46)43-18-6-10-22-49(43)63-50/h1-33H. The van der Waals surface area contributed by atoms with Crippen molar-refractivity contribution in [3.63, 3.8) is 0 Å². The summed E-state index contributed by atoms with van der Waals surface area (Å²) in [5.74, 6) is 1.56. The smallest absolute Gasteiger partial charge is 0.238 e. The zero-order valence-corrected chi connectivity index (χ0v) is 35.3. The Morgan fingerprint density at radius 1 is 0.400 bits per heavy atom. The summed E-state index contributed by atoms with van der Waals surface area (Å²) in [4.78, 5) is 18.4. The number of hydrogen-bond acceptors (Lipinski definition) is 7. The second-order valence-electron chi connectivity index (χ2n) is 16.4. The van der Waals surface area contributed by atoms with Crippen molar-refractivity contribution in [2.75, 3.05) is 4.90 Å². The Labute approximate surface area is 374 Å².